The summed E-state index contributed by atoms with van der Waals surface area (Å²) in [7, 11) is 1.83. The van der Waals surface area contributed by atoms with Crippen molar-refractivity contribution in [1.29, 1.82) is 0 Å². The molecule has 0 aliphatic carbocycles. The van der Waals surface area contributed by atoms with Crippen LogP contribution in [0.1, 0.15) is 16.6 Å². The van der Waals surface area contributed by atoms with Crippen LogP contribution in [0.4, 0.5) is 4.39 Å². The maximum absolute atomic E-state index is 13.8. The molecule has 2 nitrogen and oxygen atoms in total. The topological polar surface area (TPSA) is 24.9 Å². The number of benzene rings is 1. The average molecular weight is 315 g/mol. The molecule has 0 aliphatic rings. The number of thiazole rings is 1. The molecule has 0 radical (unpaired) electrons. The minimum absolute atomic E-state index is 0.0470. The van der Waals surface area contributed by atoms with Crippen LogP contribution in [-0.2, 0) is 6.42 Å². The number of nitrogens with one attached hydrogen (secondary N) is 1. The molecule has 0 saturated heterocycles. The molecule has 0 spiro atoms. The van der Waals surface area contributed by atoms with E-state index in [1.54, 1.807) is 23.6 Å². The first-order chi connectivity index (χ1) is 8.20. The zero-order valence-corrected chi connectivity index (χ0v) is 11.7. The number of halogens is 2. The molecule has 90 valence electrons. The first kappa shape index (κ1) is 12.7. The van der Waals surface area contributed by atoms with Gasteiger partial charge in [0, 0.05) is 34.1 Å². The van der Waals surface area contributed by atoms with Crippen LogP contribution in [0.5, 0.6) is 0 Å². The highest BCUT2D eigenvalue weighted by atomic mass is 79.9. The maximum atomic E-state index is 13.8. The zero-order valence-electron chi connectivity index (χ0n) is 9.28. The van der Waals surface area contributed by atoms with Gasteiger partial charge in [-0.25, -0.2) is 9.37 Å². The van der Waals surface area contributed by atoms with E-state index < -0.39 is 0 Å². The van der Waals surface area contributed by atoms with Gasteiger partial charge in [-0.15, -0.1) is 11.3 Å². The smallest absolute Gasteiger partial charge is 0.129 e. The van der Waals surface area contributed by atoms with Crippen LogP contribution in [0.2, 0.25) is 0 Å². The van der Waals surface area contributed by atoms with E-state index in [0.717, 1.165) is 9.48 Å². The van der Waals surface area contributed by atoms with E-state index in [4.69, 9.17) is 0 Å². The summed E-state index contributed by atoms with van der Waals surface area (Å²) in [6.45, 7) is 0. The molecule has 1 N–H and O–H groups in total. The largest absolute Gasteiger partial charge is 0.313 e. The molecule has 0 saturated carbocycles. The van der Waals surface area contributed by atoms with Gasteiger partial charge < -0.3 is 5.32 Å². The quantitative estimate of drug-likeness (QED) is 0.933. The van der Waals surface area contributed by atoms with Crippen molar-refractivity contribution in [3.63, 3.8) is 0 Å². The van der Waals surface area contributed by atoms with Gasteiger partial charge in [-0.05, 0) is 19.2 Å². The normalized spacial score (nSPS) is 12.6. The van der Waals surface area contributed by atoms with E-state index >= 15 is 0 Å². The second-order valence-corrected chi connectivity index (χ2v) is 5.53. The van der Waals surface area contributed by atoms with Crippen LogP contribution in [0.15, 0.2) is 34.2 Å². The molecule has 2 rings (SSSR count). The second-order valence-electron chi connectivity index (χ2n) is 3.64. The maximum Gasteiger partial charge on any atom is 0.129 e. The highest BCUT2D eigenvalue weighted by Gasteiger charge is 2.15. The second kappa shape index (κ2) is 5.71. The lowest BCUT2D eigenvalue weighted by atomic mass is 10.0. The van der Waals surface area contributed by atoms with Crippen LogP contribution in [0.3, 0.4) is 0 Å². The van der Waals surface area contributed by atoms with E-state index in [9.17, 15) is 4.39 Å². The summed E-state index contributed by atoms with van der Waals surface area (Å²) in [5, 5.41) is 6.06. The molecule has 1 aromatic heterocycles. The highest BCUT2D eigenvalue weighted by molar-refractivity contribution is 9.10. The van der Waals surface area contributed by atoms with Crippen molar-refractivity contribution in [3.05, 3.63) is 50.6 Å². The number of hydrogen-bond acceptors (Lipinski definition) is 3. The van der Waals surface area contributed by atoms with Gasteiger partial charge in [0.2, 0.25) is 0 Å². The van der Waals surface area contributed by atoms with Crippen LogP contribution < -0.4 is 5.32 Å². The first-order valence-electron chi connectivity index (χ1n) is 5.21. The third-order valence-corrected chi connectivity index (χ3v) is 3.84. The fourth-order valence-corrected chi connectivity index (χ4v) is 2.68. The number of hydrogen-bond donors (Lipinski definition) is 1. The molecular formula is C12H12BrFN2S. The van der Waals surface area contributed by atoms with E-state index in [1.165, 1.54) is 6.07 Å². The number of likely N-dealkylation sites (N-methyl/N-ethyl adjacent to an activating group) is 1. The SMILES string of the molecule is CNC(Cc1nccs1)c1ccc(Br)cc1F. The summed E-state index contributed by atoms with van der Waals surface area (Å²) in [4.78, 5) is 4.22. The van der Waals surface area contributed by atoms with Crippen molar-refractivity contribution in [2.24, 2.45) is 0 Å². The van der Waals surface area contributed by atoms with Crippen LogP contribution in [-0.4, -0.2) is 12.0 Å². The third-order valence-electron chi connectivity index (χ3n) is 2.55. The van der Waals surface area contributed by atoms with Gasteiger partial charge in [-0.3, -0.25) is 0 Å². The Kier molecular flexibility index (Phi) is 4.25. The summed E-state index contributed by atoms with van der Waals surface area (Å²) < 4.78 is 14.6. The Labute approximate surface area is 112 Å². The summed E-state index contributed by atoms with van der Waals surface area (Å²) in [5.41, 5.74) is 0.672. The van der Waals surface area contributed by atoms with Gasteiger partial charge >= 0.3 is 0 Å². The minimum atomic E-state index is -0.199. The van der Waals surface area contributed by atoms with Crippen LogP contribution in [0.25, 0.3) is 0 Å². The lowest BCUT2D eigenvalue weighted by Gasteiger charge is -2.16. The molecule has 1 unspecified atom stereocenters. The molecule has 0 aliphatic heterocycles. The molecule has 1 heterocycles. The molecule has 2 aromatic rings. The van der Waals surface area contributed by atoms with Crippen LogP contribution in [0, 0.1) is 5.82 Å². The summed E-state index contributed by atoms with van der Waals surface area (Å²) in [6, 6.07) is 5.09. The van der Waals surface area contributed by atoms with E-state index in [1.807, 2.05) is 18.5 Å². The Morgan fingerprint density at radius 3 is 2.94 bits per heavy atom. The van der Waals surface area contributed by atoms with Gasteiger partial charge in [-0.2, -0.15) is 0 Å². The van der Waals surface area contributed by atoms with Gasteiger partial charge in [0.25, 0.3) is 0 Å². The van der Waals surface area contributed by atoms with Gasteiger partial charge in [0.1, 0.15) is 5.82 Å². The lowest BCUT2D eigenvalue weighted by Crippen LogP contribution is -2.20. The molecule has 0 bridgehead atoms. The van der Waals surface area contributed by atoms with E-state index in [0.29, 0.717) is 12.0 Å². The zero-order chi connectivity index (χ0) is 12.3. The molecule has 1 atom stereocenters. The molecule has 17 heavy (non-hydrogen) atoms. The van der Waals surface area contributed by atoms with Gasteiger partial charge in [-0.1, -0.05) is 22.0 Å². The van der Waals surface area contributed by atoms with Crippen molar-refractivity contribution in [3.8, 4) is 0 Å². The predicted molar refractivity (Wildman–Crippen MR) is 71.7 cm³/mol. The summed E-state index contributed by atoms with van der Waals surface area (Å²) >= 11 is 4.84. The Morgan fingerprint density at radius 2 is 2.35 bits per heavy atom. The molecule has 5 heteroatoms. The number of aromatic nitrogens is 1. The lowest BCUT2D eigenvalue weighted by molar-refractivity contribution is 0.533. The van der Waals surface area contributed by atoms with E-state index in [-0.39, 0.29) is 11.9 Å². The highest BCUT2D eigenvalue weighted by Crippen LogP contribution is 2.24. The standard InChI is InChI=1S/C12H12BrFN2S/c1-15-11(7-12-16-4-5-17-12)9-3-2-8(13)6-10(9)14/h2-6,11,15H,7H2,1H3. The van der Waals surface area contributed by atoms with Crippen molar-refractivity contribution < 1.29 is 4.39 Å². The van der Waals surface area contributed by atoms with Gasteiger partial charge in [0.15, 0.2) is 0 Å². The summed E-state index contributed by atoms with van der Waals surface area (Å²) in [6.07, 6.45) is 2.47. The van der Waals surface area contributed by atoms with Crippen molar-refractivity contribution in [2.75, 3.05) is 7.05 Å². The molecular weight excluding hydrogens is 303 g/mol. The fourth-order valence-electron chi connectivity index (χ4n) is 1.68. The van der Waals surface area contributed by atoms with Crippen molar-refractivity contribution in [2.45, 2.75) is 12.5 Å². The average Bonchev–Trinajstić information content (AvgIpc) is 2.79. The Balaban J connectivity index is 2.23. The predicted octanol–water partition coefficient (Wildman–Crippen LogP) is 3.55. The molecule has 0 amide bonds. The van der Waals surface area contributed by atoms with E-state index in [2.05, 4.69) is 26.2 Å². The molecule has 0 fully saturated rings. The number of nitrogens with zero attached hydrogens (tertiary/aromatic N) is 1. The van der Waals surface area contributed by atoms with Crippen molar-refractivity contribution in [1.82, 2.24) is 10.3 Å². The Hall–Kier alpha value is -0.780. The van der Waals surface area contributed by atoms with Crippen LogP contribution >= 0.6 is 27.3 Å². The monoisotopic (exact) mass is 314 g/mol. The first-order valence-corrected chi connectivity index (χ1v) is 6.88. The fraction of sp³-hybridized carbons (Fsp3) is 0.250. The molecule has 1 aromatic carbocycles. The number of rotatable bonds is 4. The van der Waals surface area contributed by atoms with Gasteiger partial charge in [0.05, 0.1) is 5.01 Å². The Morgan fingerprint density at radius 1 is 1.53 bits per heavy atom. The third kappa shape index (κ3) is 3.12. The minimum Gasteiger partial charge on any atom is -0.313 e. The summed E-state index contributed by atoms with van der Waals surface area (Å²) in [5.74, 6) is -0.199. The Bertz CT molecular complexity index is 487. The van der Waals surface area contributed by atoms with Crippen molar-refractivity contribution >= 4 is 27.3 Å².